The molecule has 2 aromatic carbocycles. The number of ether oxygens (including phenoxy) is 1. The molecule has 29 heavy (non-hydrogen) atoms. The quantitative estimate of drug-likeness (QED) is 0.680. The van der Waals surface area contributed by atoms with Crippen molar-refractivity contribution in [1.82, 2.24) is 4.90 Å². The number of carbonyl (C=O) groups excluding carboxylic acids is 1. The van der Waals surface area contributed by atoms with Crippen LogP contribution in [0.5, 0.6) is 5.75 Å². The first-order chi connectivity index (χ1) is 14.1. The third kappa shape index (κ3) is 5.60. The maximum atomic E-state index is 12.9. The average molecular weight is 395 g/mol. The maximum absolute atomic E-state index is 12.9. The molecule has 0 bridgehead atoms. The van der Waals surface area contributed by atoms with Crippen LogP contribution in [0.4, 0.5) is 5.69 Å². The molecule has 4 nitrogen and oxygen atoms in total. The fourth-order valence-corrected chi connectivity index (χ4v) is 4.14. The van der Waals surface area contributed by atoms with E-state index in [4.69, 9.17) is 4.74 Å². The number of aryl methyl sites for hydroxylation is 2. The lowest BCUT2D eigenvalue weighted by Crippen LogP contribution is -2.38. The van der Waals surface area contributed by atoms with Crippen LogP contribution in [0.3, 0.4) is 0 Å². The number of benzene rings is 2. The number of amides is 1. The van der Waals surface area contributed by atoms with Crippen molar-refractivity contribution in [1.29, 1.82) is 0 Å². The van der Waals surface area contributed by atoms with Crippen LogP contribution in [-0.4, -0.2) is 30.5 Å². The number of nitrogens with zero attached hydrogens (tertiary/aromatic N) is 1. The van der Waals surface area contributed by atoms with E-state index in [2.05, 4.69) is 60.5 Å². The molecule has 0 aromatic heterocycles. The van der Waals surface area contributed by atoms with Crippen LogP contribution >= 0.6 is 0 Å². The van der Waals surface area contributed by atoms with Gasteiger partial charge in [-0.3, -0.25) is 9.69 Å². The first-order valence-electron chi connectivity index (χ1n) is 11.0. The van der Waals surface area contributed by atoms with Crippen LogP contribution in [0, 0.1) is 5.92 Å². The van der Waals surface area contributed by atoms with Gasteiger partial charge in [0.15, 0.2) is 0 Å². The molecular formula is C25H34N2O2. The third-order valence-electron chi connectivity index (χ3n) is 5.82. The van der Waals surface area contributed by atoms with Crippen molar-refractivity contribution in [2.24, 2.45) is 5.92 Å². The van der Waals surface area contributed by atoms with E-state index in [9.17, 15) is 4.79 Å². The molecule has 0 saturated carbocycles. The lowest BCUT2D eigenvalue weighted by Gasteiger charge is -2.31. The standard InChI is InChI=1S/C25H34N2O2/c1-4-20-10-8-11-21(5-2)24(20)26-25(28)22-13-15-27(16-14-22)18-19-9-7-12-23(17-19)29-6-3/h7-12,17,22H,4-6,13-16,18H2,1-3H3,(H,26,28). The molecule has 2 aromatic rings. The monoisotopic (exact) mass is 394 g/mol. The highest BCUT2D eigenvalue weighted by Gasteiger charge is 2.26. The van der Waals surface area contributed by atoms with E-state index in [1.54, 1.807) is 0 Å². The number of rotatable bonds is 8. The van der Waals surface area contributed by atoms with Gasteiger partial charge in [0, 0.05) is 18.2 Å². The average Bonchev–Trinajstić information content (AvgIpc) is 2.75. The Hall–Kier alpha value is -2.33. The zero-order valence-corrected chi connectivity index (χ0v) is 18.0. The third-order valence-corrected chi connectivity index (χ3v) is 5.82. The van der Waals surface area contributed by atoms with Crippen LogP contribution in [-0.2, 0) is 24.2 Å². The van der Waals surface area contributed by atoms with Crippen molar-refractivity contribution in [3.63, 3.8) is 0 Å². The van der Waals surface area contributed by atoms with E-state index in [1.165, 1.54) is 16.7 Å². The minimum atomic E-state index is 0.0932. The molecule has 1 aliphatic heterocycles. The van der Waals surface area contributed by atoms with E-state index in [0.717, 1.165) is 56.8 Å². The summed E-state index contributed by atoms with van der Waals surface area (Å²) in [5.74, 6) is 1.20. The molecule has 4 heteroatoms. The number of hydrogen-bond donors (Lipinski definition) is 1. The van der Waals surface area contributed by atoms with Gasteiger partial charge >= 0.3 is 0 Å². The number of piperidine rings is 1. The Morgan fingerprint density at radius 3 is 2.31 bits per heavy atom. The Balaban J connectivity index is 1.56. The Morgan fingerprint density at radius 1 is 1.03 bits per heavy atom. The van der Waals surface area contributed by atoms with Gasteiger partial charge in [-0.05, 0) is 74.5 Å². The molecule has 1 amide bonds. The van der Waals surface area contributed by atoms with Gasteiger partial charge in [-0.2, -0.15) is 0 Å². The lowest BCUT2D eigenvalue weighted by molar-refractivity contribution is -0.121. The molecule has 1 fully saturated rings. The fraction of sp³-hybridized carbons (Fsp3) is 0.480. The fourth-order valence-electron chi connectivity index (χ4n) is 4.14. The molecule has 3 rings (SSSR count). The summed E-state index contributed by atoms with van der Waals surface area (Å²) >= 11 is 0. The van der Waals surface area contributed by atoms with Crippen LogP contribution in [0.2, 0.25) is 0 Å². The molecule has 1 N–H and O–H groups in total. The number of likely N-dealkylation sites (tertiary alicyclic amines) is 1. The zero-order chi connectivity index (χ0) is 20.6. The molecule has 1 aliphatic rings. The van der Waals surface area contributed by atoms with Crippen LogP contribution in [0.15, 0.2) is 42.5 Å². The van der Waals surface area contributed by atoms with Crippen LogP contribution < -0.4 is 10.1 Å². The lowest BCUT2D eigenvalue weighted by atomic mass is 9.94. The highest BCUT2D eigenvalue weighted by atomic mass is 16.5. The van der Waals surface area contributed by atoms with Crippen LogP contribution in [0.1, 0.15) is 50.3 Å². The van der Waals surface area contributed by atoms with Gasteiger partial charge in [0.25, 0.3) is 0 Å². The second-order valence-electron chi connectivity index (χ2n) is 7.78. The first kappa shape index (κ1) is 21.4. The predicted molar refractivity (Wildman–Crippen MR) is 119 cm³/mol. The van der Waals surface area contributed by atoms with Crippen LogP contribution in [0.25, 0.3) is 0 Å². The second kappa shape index (κ2) is 10.4. The van der Waals surface area contributed by atoms with Crippen molar-refractivity contribution in [2.75, 3.05) is 25.0 Å². The van der Waals surface area contributed by atoms with Gasteiger partial charge < -0.3 is 10.1 Å². The van der Waals surface area contributed by atoms with Crippen molar-refractivity contribution in [3.05, 3.63) is 59.2 Å². The van der Waals surface area contributed by atoms with Gasteiger partial charge in [-0.15, -0.1) is 0 Å². The smallest absolute Gasteiger partial charge is 0.227 e. The van der Waals surface area contributed by atoms with Gasteiger partial charge in [0.2, 0.25) is 5.91 Å². The molecule has 1 saturated heterocycles. The van der Waals surface area contributed by atoms with Crippen molar-refractivity contribution < 1.29 is 9.53 Å². The summed E-state index contributed by atoms with van der Waals surface area (Å²) in [6, 6.07) is 14.7. The summed E-state index contributed by atoms with van der Waals surface area (Å²) in [4.78, 5) is 15.4. The molecule has 156 valence electrons. The van der Waals surface area contributed by atoms with E-state index < -0.39 is 0 Å². The number of carbonyl (C=O) groups is 1. The van der Waals surface area contributed by atoms with Gasteiger partial charge in [-0.25, -0.2) is 0 Å². The largest absolute Gasteiger partial charge is 0.494 e. The van der Waals surface area contributed by atoms with Crippen molar-refractivity contribution >= 4 is 11.6 Å². The van der Waals surface area contributed by atoms with Gasteiger partial charge in [-0.1, -0.05) is 44.2 Å². The zero-order valence-electron chi connectivity index (χ0n) is 18.0. The topological polar surface area (TPSA) is 41.6 Å². The molecule has 0 unspecified atom stereocenters. The molecule has 0 spiro atoms. The Morgan fingerprint density at radius 2 is 1.69 bits per heavy atom. The second-order valence-corrected chi connectivity index (χ2v) is 7.78. The molecular weight excluding hydrogens is 360 g/mol. The summed E-state index contributed by atoms with van der Waals surface area (Å²) in [5.41, 5.74) is 4.76. The minimum Gasteiger partial charge on any atom is -0.494 e. The van der Waals surface area contributed by atoms with Gasteiger partial charge in [0.1, 0.15) is 5.75 Å². The van der Waals surface area contributed by atoms with E-state index in [1.807, 2.05) is 13.0 Å². The number of para-hydroxylation sites is 1. The molecule has 0 atom stereocenters. The minimum absolute atomic E-state index is 0.0932. The molecule has 1 heterocycles. The van der Waals surface area contributed by atoms with E-state index in [-0.39, 0.29) is 11.8 Å². The number of nitrogens with one attached hydrogen (secondary N) is 1. The summed E-state index contributed by atoms with van der Waals surface area (Å²) in [6.45, 7) is 9.79. The Kier molecular flexibility index (Phi) is 7.70. The van der Waals surface area contributed by atoms with E-state index >= 15 is 0 Å². The number of hydrogen-bond acceptors (Lipinski definition) is 3. The predicted octanol–water partition coefficient (Wildman–Crippen LogP) is 5.06. The molecule has 0 radical (unpaired) electrons. The molecule has 0 aliphatic carbocycles. The Bertz CT molecular complexity index is 788. The SMILES string of the molecule is CCOc1cccc(CN2CCC(C(=O)Nc3c(CC)cccc3CC)CC2)c1. The maximum Gasteiger partial charge on any atom is 0.227 e. The summed E-state index contributed by atoms with van der Waals surface area (Å²) in [5, 5.41) is 3.26. The summed E-state index contributed by atoms with van der Waals surface area (Å²) < 4.78 is 5.61. The number of anilines is 1. The van der Waals surface area contributed by atoms with Gasteiger partial charge in [0.05, 0.1) is 6.61 Å². The summed E-state index contributed by atoms with van der Waals surface area (Å²) in [7, 11) is 0. The Labute approximate surface area is 175 Å². The summed E-state index contributed by atoms with van der Waals surface area (Å²) in [6.07, 6.45) is 3.69. The van der Waals surface area contributed by atoms with Crippen molar-refractivity contribution in [2.45, 2.75) is 53.0 Å². The highest BCUT2D eigenvalue weighted by Crippen LogP contribution is 2.26. The normalized spacial score (nSPS) is 15.3. The van der Waals surface area contributed by atoms with E-state index in [0.29, 0.717) is 6.61 Å². The first-order valence-corrected chi connectivity index (χ1v) is 11.0. The highest BCUT2D eigenvalue weighted by molar-refractivity contribution is 5.94. The van der Waals surface area contributed by atoms with Crippen molar-refractivity contribution in [3.8, 4) is 5.75 Å².